The molecule has 2 fully saturated rings. The largest absolute Gasteiger partial charge is 0.0622 e. The van der Waals surface area contributed by atoms with E-state index in [0.29, 0.717) is 5.41 Å². The van der Waals surface area contributed by atoms with Crippen molar-refractivity contribution in [2.75, 3.05) is 0 Å². The molecule has 0 radical (unpaired) electrons. The van der Waals surface area contributed by atoms with Gasteiger partial charge in [-0.3, -0.25) is 0 Å². The second-order valence-corrected chi connectivity index (χ2v) is 5.80. The first kappa shape index (κ1) is 9.55. The summed E-state index contributed by atoms with van der Waals surface area (Å²) in [4.78, 5) is 0. The fourth-order valence-electron chi connectivity index (χ4n) is 3.90. The van der Waals surface area contributed by atoms with Gasteiger partial charge in [0.15, 0.2) is 0 Å². The van der Waals surface area contributed by atoms with Crippen molar-refractivity contribution in [3.05, 3.63) is 0 Å². The molecule has 0 bridgehead atoms. The molecule has 0 heterocycles. The first-order chi connectivity index (χ1) is 6.14. The second-order valence-electron chi connectivity index (χ2n) is 5.80. The van der Waals surface area contributed by atoms with E-state index < -0.39 is 0 Å². The average Bonchev–Trinajstić information content (AvgIpc) is 2.30. The summed E-state index contributed by atoms with van der Waals surface area (Å²) in [5.41, 5.74) is 0.704. The highest BCUT2D eigenvalue weighted by Gasteiger charge is 2.47. The summed E-state index contributed by atoms with van der Waals surface area (Å²) in [5.74, 6) is 3.00. The molecule has 0 N–H and O–H groups in total. The third kappa shape index (κ3) is 1.43. The zero-order chi connectivity index (χ0) is 9.47. The summed E-state index contributed by atoms with van der Waals surface area (Å²) >= 11 is 0. The summed E-state index contributed by atoms with van der Waals surface area (Å²) in [5, 5.41) is 0. The normalized spacial score (nSPS) is 51.5. The van der Waals surface area contributed by atoms with Crippen LogP contribution in [0.4, 0.5) is 0 Å². The van der Waals surface area contributed by atoms with E-state index in [4.69, 9.17) is 0 Å². The molecular weight excluding hydrogens is 156 g/mol. The Kier molecular flexibility index (Phi) is 2.42. The highest BCUT2D eigenvalue weighted by molar-refractivity contribution is 4.97. The van der Waals surface area contributed by atoms with E-state index in [-0.39, 0.29) is 0 Å². The lowest BCUT2D eigenvalue weighted by Crippen LogP contribution is -2.27. The standard InChI is InChI=1S/C13H24/c1-10-9-12-7-5-4-6-8-13(12,3)11(10)2/h10-12H,4-9H2,1-3H3. The predicted molar refractivity (Wildman–Crippen MR) is 57.6 cm³/mol. The van der Waals surface area contributed by atoms with Crippen LogP contribution in [-0.4, -0.2) is 0 Å². The van der Waals surface area contributed by atoms with Crippen molar-refractivity contribution in [1.29, 1.82) is 0 Å². The lowest BCUT2D eigenvalue weighted by Gasteiger charge is -2.34. The van der Waals surface area contributed by atoms with Crippen LogP contribution >= 0.6 is 0 Å². The minimum absolute atomic E-state index is 0.704. The van der Waals surface area contributed by atoms with Gasteiger partial charge in [-0.2, -0.15) is 0 Å². The molecule has 0 spiro atoms. The van der Waals surface area contributed by atoms with Crippen molar-refractivity contribution in [2.45, 2.75) is 59.3 Å². The fourth-order valence-corrected chi connectivity index (χ4v) is 3.90. The Morgan fingerprint density at radius 3 is 2.62 bits per heavy atom. The van der Waals surface area contributed by atoms with Crippen LogP contribution in [0.2, 0.25) is 0 Å². The summed E-state index contributed by atoms with van der Waals surface area (Å²) in [7, 11) is 0. The summed E-state index contributed by atoms with van der Waals surface area (Å²) in [6.45, 7) is 7.53. The topological polar surface area (TPSA) is 0 Å². The molecule has 0 nitrogen and oxygen atoms in total. The highest BCUT2D eigenvalue weighted by atomic mass is 14.5. The third-order valence-corrected chi connectivity index (χ3v) is 5.25. The molecule has 13 heavy (non-hydrogen) atoms. The minimum atomic E-state index is 0.704. The number of hydrogen-bond donors (Lipinski definition) is 0. The molecule has 2 saturated carbocycles. The summed E-state index contributed by atoms with van der Waals surface area (Å²) < 4.78 is 0. The van der Waals surface area contributed by atoms with Crippen LogP contribution in [0.15, 0.2) is 0 Å². The predicted octanol–water partition coefficient (Wildman–Crippen LogP) is 4.25. The summed E-state index contributed by atoms with van der Waals surface area (Å²) in [6.07, 6.45) is 9.02. The minimum Gasteiger partial charge on any atom is -0.0622 e. The quantitative estimate of drug-likeness (QED) is 0.523. The van der Waals surface area contributed by atoms with Gasteiger partial charge in [-0.25, -0.2) is 0 Å². The molecule has 0 aliphatic heterocycles. The van der Waals surface area contributed by atoms with Crippen LogP contribution in [0.1, 0.15) is 59.3 Å². The molecule has 2 aliphatic carbocycles. The van der Waals surface area contributed by atoms with E-state index in [1.807, 2.05) is 0 Å². The molecule has 4 atom stereocenters. The first-order valence-electron chi connectivity index (χ1n) is 6.14. The SMILES string of the molecule is CC1CC2CCCCCC2(C)C1C. The van der Waals surface area contributed by atoms with Gasteiger partial charge in [-0.1, -0.05) is 40.0 Å². The Morgan fingerprint density at radius 2 is 1.85 bits per heavy atom. The number of fused-ring (bicyclic) bond motifs is 1. The highest BCUT2D eigenvalue weighted by Crippen LogP contribution is 2.56. The molecule has 2 rings (SSSR count). The van der Waals surface area contributed by atoms with Crippen LogP contribution in [0.5, 0.6) is 0 Å². The van der Waals surface area contributed by atoms with Crippen molar-refractivity contribution < 1.29 is 0 Å². The van der Waals surface area contributed by atoms with Crippen molar-refractivity contribution in [2.24, 2.45) is 23.2 Å². The van der Waals surface area contributed by atoms with Crippen molar-refractivity contribution >= 4 is 0 Å². The van der Waals surface area contributed by atoms with E-state index in [2.05, 4.69) is 20.8 Å². The van der Waals surface area contributed by atoms with Gasteiger partial charge in [0.1, 0.15) is 0 Å². The average molecular weight is 180 g/mol. The maximum Gasteiger partial charge on any atom is -0.0269 e. The number of rotatable bonds is 0. The molecule has 0 aromatic rings. The molecule has 2 aliphatic rings. The van der Waals surface area contributed by atoms with Gasteiger partial charge >= 0.3 is 0 Å². The zero-order valence-electron chi connectivity index (χ0n) is 9.47. The van der Waals surface area contributed by atoms with Crippen molar-refractivity contribution in [1.82, 2.24) is 0 Å². The van der Waals surface area contributed by atoms with Gasteiger partial charge in [0.25, 0.3) is 0 Å². The molecule has 0 aromatic carbocycles. The van der Waals surface area contributed by atoms with Crippen LogP contribution in [0.3, 0.4) is 0 Å². The van der Waals surface area contributed by atoms with E-state index in [1.54, 1.807) is 0 Å². The monoisotopic (exact) mass is 180 g/mol. The Bertz CT molecular complexity index is 184. The third-order valence-electron chi connectivity index (χ3n) is 5.25. The van der Waals surface area contributed by atoms with Crippen molar-refractivity contribution in [3.8, 4) is 0 Å². The van der Waals surface area contributed by atoms with Crippen LogP contribution in [0.25, 0.3) is 0 Å². The van der Waals surface area contributed by atoms with E-state index >= 15 is 0 Å². The molecule has 0 heteroatoms. The summed E-state index contributed by atoms with van der Waals surface area (Å²) in [6, 6.07) is 0. The number of hydrogen-bond acceptors (Lipinski definition) is 0. The van der Waals surface area contributed by atoms with Gasteiger partial charge in [-0.05, 0) is 42.4 Å². The molecule has 76 valence electrons. The van der Waals surface area contributed by atoms with E-state index in [0.717, 1.165) is 17.8 Å². The Labute approximate surface area is 83.1 Å². The van der Waals surface area contributed by atoms with Crippen LogP contribution in [-0.2, 0) is 0 Å². The maximum atomic E-state index is 2.57. The molecule has 4 unspecified atom stereocenters. The maximum absolute atomic E-state index is 2.57. The van der Waals surface area contributed by atoms with Crippen LogP contribution < -0.4 is 0 Å². The lowest BCUT2D eigenvalue weighted by atomic mass is 9.70. The Morgan fingerprint density at radius 1 is 1.08 bits per heavy atom. The molecule has 0 amide bonds. The van der Waals surface area contributed by atoms with Gasteiger partial charge < -0.3 is 0 Å². The van der Waals surface area contributed by atoms with Gasteiger partial charge in [0.2, 0.25) is 0 Å². The first-order valence-corrected chi connectivity index (χ1v) is 6.14. The fraction of sp³-hybridized carbons (Fsp3) is 1.00. The van der Waals surface area contributed by atoms with Crippen LogP contribution in [0, 0.1) is 23.2 Å². The van der Waals surface area contributed by atoms with Gasteiger partial charge in [-0.15, -0.1) is 0 Å². The second kappa shape index (κ2) is 3.29. The van der Waals surface area contributed by atoms with E-state index in [1.165, 1.54) is 38.5 Å². The van der Waals surface area contributed by atoms with Crippen molar-refractivity contribution in [3.63, 3.8) is 0 Å². The Balaban J connectivity index is 2.19. The van der Waals surface area contributed by atoms with Gasteiger partial charge in [0, 0.05) is 0 Å². The zero-order valence-corrected chi connectivity index (χ0v) is 9.47. The van der Waals surface area contributed by atoms with E-state index in [9.17, 15) is 0 Å². The lowest BCUT2D eigenvalue weighted by molar-refractivity contribution is 0.146. The molecular formula is C13H24. The van der Waals surface area contributed by atoms with Gasteiger partial charge in [0.05, 0.1) is 0 Å². The Hall–Kier alpha value is 0. The molecule has 0 aromatic heterocycles. The molecule has 0 saturated heterocycles. The smallest absolute Gasteiger partial charge is 0.0269 e.